The van der Waals surface area contributed by atoms with Crippen LogP contribution in [-0.2, 0) is 6.42 Å². The molecule has 0 aliphatic heterocycles. The van der Waals surface area contributed by atoms with Gasteiger partial charge in [-0.2, -0.15) is 0 Å². The molecule has 1 aliphatic rings. The Balaban J connectivity index is 2.14. The molecule has 0 bridgehead atoms. The fourth-order valence-corrected chi connectivity index (χ4v) is 3.52. The van der Waals surface area contributed by atoms with Crippen LogP contribution in [0.15, 0.2) is 5.38 Å². The van der Waals surface area contributed by atoms with Gasteiger partial charge in [0, 0.05) is 29.5 Å². The van der Waals surface area contributed by atoms with E-state index in [0.29, 0.717) is 6.54 Å². The molecule has 16 heavy (non-hydrogen) atoms. The summed E-state index contributed by atoms with van der Waals surface area (Å²) < 4.78 is 0. The van der Waals surface area contributed by atoms with Crippen LogP contribution >= 0.6 is 11.3 Å². The lowest BCUT2D eigenvalue weighted by Crippen LogP contribution is -2.45. The van der Waals surface area contributed by atoms with Crippen LogP contribution < -0.4 is 5.73 Å². The van der Waals surface area contributed by atoms with Crippen LogP contribution in [0, 0.1) is 12.3 Å². The van der Waals surface area contributed by atoms with E-state index in [1.165, 1.54) is 6.42 Å². The zero-order valence-corrected chi connectivity index (χ0v) is 10.6. The van der Waals surface area contributed by atoms with E-state index in [2.05, 4.69) is 10.4 Å². The molecule has 1 heterocycles. The largest absolute Gasteiger partial charge is 0.392 e. The number of hydrogen-bond acceptors (Lipinski definition) is 4. The summed E-state index contributed by atoms with van der Waals surface area (Å²) in [7, 11) is 0. The second kappa shape index (κ2) is 4.82. The van der Waals surface area contributed by atoms with Gasteiger partial charge in [-0.25, -0.2) is 4.98 Å². The molecule has 1 aromatic heterocycles. The number of nitrogens with two attached hydrogens (primary N) is 1. The minimum atomic E-state index is -0.254. The fourth-order valence-electron chi connectivity index (χ4n) is 2.59. The Bertz CT molecular complexity index is 353. The number of hydrogen-bond donors (Lipinski definition) is 2. The number of aliphatic hydroxyl groups excluding tert-OH is 1. The molecule has 1 saturated carbocycles. The molecule has 3 nitrogen and oxygen atoms in total. The number of aliphatic hydroxyl groups is 1. The summed E-state index contributed by atoms with van der Waals surface area (Å²) in [5.41, 5.74) is 6.84. The molecule has 4 heteroatoms. The van der Waals surface area contributed by atoms with Crippen molar-refractivity contribution in [2.75, 3.05) is 6.54 Å². The van der Waals surface area contributed by atoms with Gasteiger partial charge in [0.15, 0.2) is 0 Å². The number of aryl methyl sites for hydroxylation is 1. The van der Waals surface area contributed by atoms with Gasteiger partial charge in [0.1, 0.15) is 0 Å². The maximum Gasteiger partial charge on any atom is 0.0935 e. The van der Waals surface area contributed by atoms with E-state index in [0.717, 1.165) is 36.4 Å². The van der Waals surface area contributed by atoms with Crippen LogP contribution in [0.4, 0.5) is 0 Å². The molecule has 2 rings (SSSR count). The van der Waals surface area contributed by atoms with Crippen LogP contribution in [-0.4, -0.2) is 22.7 Å². The molecule has 2 atom stereocenters. The smallest absolute Gasteiger partial charge is 0.0935 e. The zero-order valence-electron chi connectivity index (χ0n) is 9.78. The second-order valence-corrected chi connectivity index (χ2v) is 5.83. The molecule has 0 aromatic carbocycles. The van der Waals surface area contributed by atoms with Crippen LogP contribution in [0.5, 0.6) is 0 Å². The predicted octanol–water partition coefficient (Wildman–Crippen LogP) is 1.87. The summed E-state index contributed by atoms with van der Waals surface area (Å²) >= 11 is 1.68. The summed E-state index contributed by atoms with van der Waals surface area (Å²) in [4.78, 5) is 4.48. The number of thiazole rings is 1. The van der Waals surface area contributed by atoms with E-state index >= 15 is 0 Å². The van der Waals surface area contributed by atoms with Crippen molar-refractivity contribution >= 4 is 11.3 Å². The van der Waals surface area contributed by atoms with Crippen molar-refractivity contribution in [1.29, 1.82) is 0 Å². The van der Waals surface area contributed by atoms with Crippen LogP contribution in [0.1, 0.15) is 36.4 Å². The number of aromatic nitrogens is 1. The second-order valence-electron chi connectivity index (χ2n) is 4.89. The van der Waals surface area contributed by atoms with Gasteiger partial charge in [0.2, 0.25) is 0 Å². The highest BCUT2D eigenvalue weighted by Gasteiger charge is 2.39. The van der Waals surface area contributed by atoms with Crippen molar-refractivity contribution in [3.8, 4) is 0 Å². The third-order valence-corrected chi connectivity index (χ3v) is 4.65. The lowest BCUT2D eigenvalue weighted by Gasteiger charge is -2.40. The first kappa shape index (κ1) is 12.0. The van der Waals surface area contributed by atoms with Crippen molar-refractivity contribution in [3.05, 3.63) is 16.1 Å². The summed E-state index contributed by atoms with van der Waals surface area (Å²) in [6.07, 6.45) is 4.81. The maximum absolute atomic E-state index is 10.2. The lowest BCUT2D eigenvalue weighted by atomic mass is 9.70. The Labute approximate surface area is 101 Å². The molecule has 0 spiro atoms. The molecule has 1 fully saturated rings. The lowest BCUT2D eigenvalue weighted by molar-refractivity contribution is -0.00588. The Morgan fingerprint density at radius 3 is 3.00 bits per heavy atom. The monoisotopic (exact) mass is 240 g/mol. The van der Waals surface area contributed by atoms with Crippen LogP contribution in [0.3, 0.4) is 0 Å². The van der Waals surface area contributed by atoms with E-state index in [1.807, 2.05) is 6.92 Å². The highest BCUT2D eigenvalue weighted by Crippen LogP contribution is 2.39. The molecule has 3 N–H and O–H groups in total. The van der Waals surface area contributed by atoms with Gasteiger partial charge >= 0.3 is 0 Å². The fraction of sp³-hybridized carbons (Fsp3) is 0.750. The zero-order chi connectivity index (χ0) is 11.6. The molecule has 90 valence electrons. The van der Waals surface area contributed by atoms with Gasteiger partial charge in [-0.15, -0.1) is 11.3 Å². The summed E-state index contributed by atoms with van der Waals surface area (Å²) in [5.74, 6) is 0. The molecule has 0 radical (unpaired) electrons. The molecular formula is C12H20N2OS. The Kier molecular flexibility index (Phi) is 3.62. The van der Waals surface area contributed by atoms with Crippen molar-refractivity contribution in [1.82, 2.24) is 4.98 Å². The normalized spacial score (nSPS) is 30.6. The van der Waals surface area contributed by atoms with Crippen molar-refractivity contribution in [2.24, 2.45) is 11.1 Å². The first-order valence-electron chi connectivity index (χ1n) is 5.95. The average Bonchev–Trinajstić information content (AvgIpc) is 2.67. The highest BCUT2D eigenvalue weighted by molar-refractivity contribution is 7.09. The van der Waals surface area contributed by atoms with Crippen molar-refractivity contribution in [3.63, 3.8) is 0 Å². The first-order valence-corrected chi connectivity index (χ1v) is 6.83. The van der Waals surface area contributed by atoms with E-state index in [9.17, 15) is 5.11 Å². The Hall–Kier alpha value is -0.450. The van der Waals surface area contributed by atoms with E-state index in [4.69, 9.17) is 5.73 Å². The molecule has 2 unspecified atom stereocenters. The maximum atomic E-state index is 10.2. The van der Waals surface area contributed by atoms with E-state index in [1.54, 1.807) is 11.3 Å². The quantitative estimate of drug-likeness (QED) is 0.848. The molecule has 1 aromatic rings. The van der Waals surface area contributed by atoms with Crippen LogP contribution in [0.2, 0.25) is 0 Å². The number of nitrogens with zero attached hydrogens (tertiary/aromatic N) is 1. The molecule has 0 amide bonds. The van der Waals surface area contributed by atoms with E-state index in [-0.39, 0.29) is 11.5 Å². The van der Waals surface area contributed by atoms with Gasteiger partial charge in [-0.1, -0.05) is 12.8 Å². The minimum absolute atomic E-state index is 0.122. The van der Waals surface area contributed by atoms with Crippen molar-refractivity contribution in [2.45, 2.75) is 45.1 Å². The SMILES string of the molecule is Cc1csc(CC2(CN)CCCCC2O)n1. The van der Waals surface area contributed by atoms with Gasteiger partial charge in [-0.05, 0) is 19.8 Å². The molecular weight excluding hydrogens is 220 g/mol. The average molecular weight is 240 g/mol. The van der Waals surface area contributed by atoms with Crippen LogP contribution in [0.25, 0.3) is 0 Å². The topological polar surface area (TPSA) is 59.1 Å². The third-order valence-electron chi connectivity index (χ3n) is 3.69. The molecule has 1 aliphatic carbocycles. The van der Waals surface area contributed by atoms with E-state index < -0.39 is 0 Å². The standard InChI is InChI=1S/C12H20N2OS/c1-9-7-16-11(14-9)6-12(8-13)5-3-2-4-10(12)15/h7,10,15H,2-6,8,13H2,1H3. The van der Waals surface area contributed by atoms with Crippen molar-refractivity contribution < 1.29 is 5.11 Å². The summed E-state index contributed by atoms with van der Waals surface area (Å²) in [6, 6.07) is 0. The molecule has 0 saturated heterocycles. The van der Waals surface area contributed by atoms with Gasteiger partial charge in [0.05, 0.1) is 11.1 Å². The van der Waals surface area contributed by atoms with Gasteiger partial charge in [-0.3, -0.25) is 0 Å². The summed E-state index contributed by atoms with van der Waals surface area (Å²) in [5, 5.41) is 13.4. The third kappa shape index (κ3) is 2.29. The summed E-state index contributed by atoms with van der Waals surface area (Å²) in [6.45, 7) is 2.57. The predicted molar refractivity (Wildman–Crippen MR) is 66.5 cm³/mol. The Morgan fingerprint density at radius 1 is 1.62 bits per heavy atom. The highest BCUT2D eigenvalue weighted by atomic mass is 32.1. The van der Waals surface area contributed by atoms with Gasteiger partial charge < -0.3 is 10.8 Å². The Morgan fingerprint density at radius 2 is 2.44 bits per heavy atom. The first-order chi connectivity index (χ1) is 7.66. The number of rotatable bonds is 3. The minimum Gasteiger partial charge on any atom is -0.392 e. The van der Waals surface area contributed by atoms with Gasteiger partial charge in [0.25, 0.3) is 0 Å².